The third-order valence-corrected chi connectivity index (χ3v) is 3.00. The maximum Gasteiger partial charge on any atom is 0.286 e. The Hall–Kier alpha value is -1.64. The first-order valence-electron chi connectivity index (χ1n) is 5.61. The van der Waals surface area contributed by atoms with Crippen molar-refractivity contribution in [2.75, 3.05) is 0 Å². The number of fused-ring (bicyclic) bond motifs is 1. The lowest BCUT2D eigenvalue weighted by Crippen LogP contribution is -2.23. The molecule has 1 heterocycles. The van der Waals surface area contributed by atoms with Crippen molar-refractivity contribution < 1.29 is 4.39 Å². The second-order valence-corrected chi connectivity index (χ2v) is 5.35. The maximum atomic E-state index is 13.4. The number of aryl methyl sites for hydroxylation is 1. The molecule has 0 saturated heterocycles. The number of para-hydroxylation sites is 1. The van der Waals surface area contributed by atoms with Gasteiger partial charge in [0.05, 0.1) is 5.52 Å². The van der Waals surface area contributed by atoms with E-state index in [9.17, 15) is 9.18 Å². The van der Waals surface area contributed by atoms with Gasteiger partial charge in [-0.3, -0.25) is 4.79 Å². The van der Waals surface area contributed by atoms with E-state index in [1.54, 1.807) is 7.05 Å². The number of nitrogens with zero attached hydrogens (tertiary/aromatic N) is 1. The van der Waals surface area contributed by atoms with Crippen LogP contribution in [0.4, 0.5) is 4.39 Å². The fourth-order valence-electron chi connectivity index (χ4n) is 2.12. The monoisotopic (exact) mass is 233 g/mol. The molecule has 0 radical (unpaired) electrons. The van der Waals surface area contributed by atoms with E-state index >= 15 is 0 Å². The zero-order chi connectivity index (χ0) is 12.8. The highest BCUT2D eigenvalue weighted by Gasteiger charge is 2.19. The lowest BCUT2D eigenvalue weighted by Gasteiger charge is -2.22. The Morgan fingerprint density at radius 1 is 1.24 bits per heavy atom. The second-order valence-electron chi connectivity index (χ2n) is 5.35. The van der Waals surface area contributed by atoms with E-state index in [1.807, 2.05) is 18.2 Å². The van der Waals surface area contributed by atoms with Gasteiger partial charge >= 0.3 is 0 Å². The van der Waals surface area contributed by atoms with Crippen LogP contribution in [0.25, 0.3) is 10.9 Å². The molecular formula is C14H16FNO. The van der Waals surface area contributed by atoms with Crippen molar-refractivity contribution in [3.8, 4) is 0 Å². The Morgan fingerprint density at radius 2 is 1.88 bits per heavy atom. The Morgan fingerprint density at radius 3 is 2.47 bits per heavy atom. The van der Waals surface area contributed by atoms with Crippen LogP contribution in [0.3, 0.4) is 0 Å². The summed E-state index contributed by atoms with van der Waals surface area (Å²) < 4.78 is 14.8. The van der Waals surface area contributed by atoms with Gasteiger partial charge in [-0.05, 0) is 17.0 Å². The van der Waals surface area contributed by atoms with E-state index in [-0.39, 0.29) is 5.41 Å². The highest BCUT2D eigenvalue weighted by atomic mass is 19.1. The molecular weight excluding hydrogens is 217 g/mol. The molecule has 0 aliphatic carbocycles. The zero-order valence-electron chi connectivity index (χ0n) is 10.5. The van der Waals surface area contributed by atoms with Crippen LogP contribution < -0.4 is 5.56 Å². The van der Waals surface area contributed by atoms with Gasteiger partial charge in [0.15, 0.2) is 5.82 Å². The fourth-order valence-corrected chi connectivity index (χ4v) is 2.12. The molecule has 0 amide bonds. The SMILES string of the molecule is Cn1c(=O)c(F)cc2cccc(C(C)(C)C)c21. The number of halogens is 1. The van der Waals surface area contributed by atoms with E-state index in [2.05, 4.69) is 20.8 Å². The first-order valence-corrected chi connectivity index (χ1v) is 5.61. The number of pyridine rings is 1. The Labute approximate surface area is 99.7 Å². The zero-order valence-corrected chi connectivity index (χ0v) is 10.5. The summed E-state index contributed by atoms with van der Waals surface area (Å²) in [4.78, 5) is 11.6. The van der Waals surface area contributed by atoms with E-state index in [4.69, 9.17) is 0 Å². The molecule has 0 atom stereocenters. The Bertz CT molecular complexity index is 635. The van der Waals surface area contributed by atoms with Crippen molar-refractivity contribution in [1.82, 2.24) is 4.57 Å². The molecule has 0 N–H and O–H groups in total. The number of hydrogen-bond donors (Lipinski definition) is 0. The van der Waals surface area contributed by atoms with Gasteiger partial charge in [-0.1, -0.05) is 39.0 Å². The van der Waals surface area contributed by atoms with Gasteiger partial charge in [-0.2, -0.15) is 0 Å². The van der Waals surface area contributed by atoms with Crippen LogP contribution in [0, 0.1) is 5.82 Å². The van der Waals surface area contributed by atoms with Crippen LogP contribution in [0.1, 0.15) is 26.3 Å². The standard InChI is InChI=1S/C14H16FNO/c1-14(2,3)10-7-5-6-9-8-11(15)13(17)16(4)12(9)10/h5-8H,1-4H3. The molecule has 0 aliphatic rings. The summed E-state index contributed by atoms with van der Waals surface area (Å²) in [5.74, 6) is -0.703. The second kappa shape index (κ2) is 3.69. The summed E-state index contributed by atoms with van der Waals surface area (Å²) >= 11 is 0. The molecule has 2 rings (SSSR count). The molecule has 0 unspecified atom stereocenters. The highest BCUT2D eigenvalue weighted by molar-refractivity contribution is 5.83. The average Bonchev–Trinajstić information content (AvgIpc) is 2.24. The van der Waals surface area contributed by atoms with Crippen molar-refractivity contribution in [2.45, 2.75) is 26.2 Å². The molecule has 1 aromatic carbocycles. The minimum absolute atomic E-state index is 0.0818. The lowest BCUT2D eigenvalue weighted by molar-refractivity contribution is 0.581. The van der Waals surface area contributed by atoms with Crippen LogP contribution in [0.15, 0.2) is 29.1 Å². The molecule has 90 valence electrons. The predicted molar refractivity (Wildman–Crippen MR) is 67.8 cm³/mol. The topological polar surface area (TPSA) is 22.0 Å². The molecule has 3 heteroatoms. The summed E-state index contributed by atoms with van der Waals surface area (Å²) in [6.07, 6.45) is 0. The van der Waals surface area contributed by atoms with Crippen LogP contribution in [0.5, 0.6) is 0 Å². The lowest BCUT2D eigenvalue weighted by atomic mass is 9.85. The van der Waals surface area contributed by atoms with Crippen molar-refractivity contribution >= 4 is 10.9 Å². The Kier molecular flexibility index (Phi) is 2.57. The number of hydrogen-bond acceptors (Lipinski definition) is 1. The van der Waals surface area contributed by atoms with Crippen molar-refractivity contribution in [3.05, 3.63) is 46.0 Å². The minimum atomic E-state index is -0.703. The molecule has 0 bridgehead atoms. The van der Waals surface area contributed by atoms with Gasteiger partial charge in [0.25, 0.3) is 5.56 Å². The molecule has 0 aliphatic heterocycles. The summed E-state index contributed by atoms with van der Waals surface area (Å²) in [5, 5.41) is 0.761. The van der Waals surface area contributed by atoms with Crippen LogP contribution in [0.2, 0.25) is 0 Å². The highest BCUT2D eigenvalue weighted by Crippen LogP contribution is 2.28. The molecule has 17 heavy (non-hydrogen) atoms. The first-order chi connectivity index (χ1) is 7.82. The maximum absolute atomic E-state index is 13.4. The smallest absolute Gasteiger partial charge is 0.286 e. The van der Waals surface area contributed by atoms with Gasteiger partial charge in [0.1, 0.15) is 0 Å². The quantitative estimate of drug-likeness (QED) is 0.685. The minimum Gasteiger partial charge on any atom is -0.309 e. The van der Waals surface area contributed by atoms with Gasteiger partial charge in [-0.25, -0.2) is 4.39 Å². The predicted octanol–water partition coefficient (Wildman–Crippen LogP) is 2.98. The van der Waals surface area contributed by atoms with Gasteiger partial charge < -0.3 is 4.57 Å². The van der Waals surface area contributed by atoms with Crippen molar-refractivity contribution in [3.63, 3.8) is 0 Å². The number of aromatic nitrogens is 1. The van der Waals surface area contributed by atoms with E-state index < -0.39 is 11.4 Å². The largest absolute Gasteiger partial charge is 0.309 e. The Balaban J connectivity index is 2.99. The van der Waals surface area contributed by atoms with E-state index in [0.717, 1.165) is 16.5 Å². The van der Waals surface area contributed by atoms with Crippen LogP contribution in [-0.4, -0.2) is 4.57 Å². The summed E-state index contributed by atoms with van der Waals surface area (Å²) in [7, 11) is 1.61. The number of rotatable bonds is 0. The van der Waals surface area contributed by atoms with Gasteiger partial charge in [-0.15, -0.1) is 0 Å². The fraction of sp³-hybridized carbons (Fsp3) is 0.357. The molecule has 0 fully saturated rings. The molecule has 1 aromatic heterocycles. The third kappa shape index (κ3) is 1.86. The van der Waals surface area contributed by atoms with Crippen LogP contribution >= 0.6 is 0 Å². The van der Waals surface area contributed by atoms with Gasteiger partial charge in [0.2, 0.25) is 0 Å². The normalized spacial score (nSPS) is 12.1. The van der Waals surface area contributed by atoms with Crippen molar-refractivity contribution in [1.29, 1.82) is 0 Å². The van der Waals surface area contributed by atoms with E-state index in [0.29, 0.717) is 0 Å². The first kappa shape index (κ1) is 11.8. The van der Waals surface area contributed by atoms with Gasteiger partial charge in [0, 0.05) is 12.4 Å². The molecule has 2 aromatic rings. The summed E-state index contributed by atoms with van der Waals surface area (Å²) in [5.41, 5.74) is 1.21. The molecule has 0 saturated carbocycles. The van der Waals surface area contributed by atoms with Crippen molar-refractivity contribution in [2.24, 2.45) is 7.05 Å². The number of benzene rings is 1. The molecule has 2 nitrogen and oxygen atoms in total. The third-order valence-electron chi connectivity index (χ3n) is 3.00. The van der Waals surface area contributed by atoms with Crippen LogP contribution in [-0.2, 0) is 12.5 Å². The summed E-state index contributed by atoms with van der Waals surface area (Å²) in [6.45, 7) is 6.24. The summed E-state index contributed by atoms with van der Waals surface area (Å²) in [6, 6.07) is 7.02. The average molecular weight is 233 g/mol. The molecule has 0 spiro atoms. The van der Waals surface area contributed by atoms with E-state index in [1.165, 1.54) is 10.6 Å².